The van der Waals surface area contributed by atoms with E-state index in [0.717, 1.165) is 45.1 Å². The van der Waals surface area contributed by atoms with Crippen LogP contribution in [0.4, 0.5) is 0 Å². The van der Waals surface area contributed by atoms with Gasteiger partial charge in [-0.15, -0.1) is 0 Å². The van der Waals surface area contributed by atoms with E-state index in [4.69, 9.17) is 4.74 Å². The van der Waals surface area contributed by atoms with Crippen molar-refractivity contribution in [1.29, 1.82) is 0 Å². The van der Waals surface area contributed by atoms with Crippen molar-refractivity contribution in [2.75, 3.05) is 59.0 Å². The number of hydrogen-bond acceptors (Lipinski definition) is 4. The summed E-state index contributed by atoms with van der Waals surface area (Å²) in [6.07, 6.45) is 5.71. The summed E-state index contributed by atoms with van der Waals surface area (Å²) in [5.74, 6) is 0.874. The first kappa shape index (κ1) is 18.4. The van der Waals surface area contributed by atoms with Crippen LogP contribution in [0.3, 0.4) is 0 Å². The minimum atomic E-state index is 0.367. The Labute approximate surface area is 159 Å². The lowest BCUT2D eigenvalue weighted by molar-refractivity contribution is 0.0298. The van der Waals surface area contributed by atoms with Crippen LogP contribution in [0.2, 0.25) is 0 Å². The average Bonchev–Trinajstić information content (AvgIpc) is 3.27. The molecular weight excluding hydrogens is 322 g/mol. The van der Waals surface area contributed by atoms with Gasteiger partial charge in [0.05, 0.1) is 6.10 Å². The number of ether oxygens (including phenoxy) is 1. The number of rotatable bonds is 6. The lowest BCUT2D eigenvalue weighted by Crippen LogP contribution is -2.39. The van der Waals surface area contributed by atoms with Crippen molar-refractivity contribution in [1.82, 2.24) is 14.7 Å². The molecule has 4 nitrogen and oxygen atoms in total. The minimum absolute atomic E-state index is 0.367. The Morgan fingerprint density at radius 2 is 1.62 bits per heavy atom. The van der Waals surface area contributed by atoms with Crippen LogP contribution in [-0.4, -0.2) is 79.8 Å². The van der Waals surface area contributed by atoms with Crippen molar-refractivity contribution >= 4 is 0 Å². The Balaban J connectivity index is 1.24. The Morgan fingerprint density at radius 1 is 0.808 bits per heavy atom. The van der Waals surface area contributed by atoms with Crippen LogP contribution in [-0.2, 0) is 11.3 Å². The maximum atomic E-state index is 6.21. The molecule has 144 valence electrons. The molecule has 0 bridgehead atoms. The molecule has 3 heterocycles. The highest BCUT2D eigenvalue weighted by atomic mass is 16.5. The van der Waals surface area contributed by atoms with Crippen molar-refractivity contribution in [2.45, 2.75) is 38.3 Å². The predicted molar refractivity (Wildman–Crippen MR) is 106 cm³/mol. The van der Waals surface area contributed by atoms with Crippen LogP contribution in [0.25, 0.3) is 0 Å². The summed E-state index contributed by atoms with van der Waals surface area (Å²) < 4.78 is 6.21. The molecule has 3 aliphatic rings. The molecule has 1 aromatic carbocycles. The second-order valence-electron chi connectivity index (χ2n) is 8.49. The Kier molecular flexibility index (Phi) is 6.60. The van der Waals surface area contributed by atoms with Gasteiger partial charge in [0.1, 0.15) is 0 Å². The smallest absolute Gasteiger partial charge is 0.0828 e. The number of likely N-dealkylation sites (tertiary alicyclic amines) is 2. The fourth-order valence-corrected chi connectivity index (χ4v) is 4.91. The minimum Gasteiger partial charge on any atom is -0.376 e. The molecule has 0 radical (unpaired) electrons. The van der Waals surface area contributed by atoms with Gasteiger partial charge < -0.3 is 14.5 Å². The Bertz CT molecular complexity index is 531. The molecule has 0 amide bonds. The summed E-state index contributed by atoms with van der Waals surface area (Å²) >= 11 is 0. The van der Waals surface area contributed by atoms with Crippen molar-refractivity contribution in [2.24, 2.45) is 5.92 Å². The number of nitrogens with zero attached hydrogens (tertiary/aromatic N) is 3. The van der Waals surface area contributed by atoms with E-state index in [9.17, 15) is 0 Å². The molecule has 2 unspecified atom stereocenters. The van der Waals surface area contributed by atoms with Gasteiger partial charge in [-0.25, -0.2) is 0 Å². The first-order chi connectivity index (χ1) is 12.8. The zero-order valence-electron chi connectivity index (χ0n) is 16.2. The fourth-order valence-electron chi connectivity index (χ4n) is 4.91. The zero-order valence-corrected chi connectivity index (χ0v) is 16.2. The van der Waals surface area contributed by atoms with E-state index in [1.807, 2.05) is 0 Å². The van der Waals surface area contributed by atoms with Gasteiger partial charge in [0.15, 0.2) is 0 Å². The molecule has 0 spiro atoms. The van der Waals surface area contributed by atoms with Crippen molar-refractivity contribution in [3.8, 4) is 0 Å². The molecule has 3 saturated heterocycles. The molecule has 26 heavy (non-hydrogen) atoms. The maximum Gasteiger partial charge on any atom is 0.0828 e. The third-order valence-electron chi connectivity index (χ3n) is 6.23. The van der Waals surface area contributed by atoms with Crippen molar-refractivity contribution in [3.05, 3.63) is 35.9 Å². The molecule has 4 rings (SSSR count). The summed E-state index contributed by atoms with van der Waals surface area (Å²) in [6.45, 7) is 11.8. The van der Waals surface area contributed by atoms with Crippen molar-refractivity contribution < 1.29 is 4.74 Å². The SMILES string of the molecule is c1ccc(CN2CCCOC(CN3CCC(CN4CCCC4)C3)C2)cc1. The van der Waals surface area contributed by atoms with E-state index in [-0.39, 0.29) is 0 Å². The fraction of sp³-hybridized carbons (Fsp3) is 0.727. The lowest BCUT2D eigenvalue weighted by Gasteiger charge is -2.27. The molecule has 0 aromatic heterocycles. The van der Waals surface area contributed by atoms with Gasteiger partial charge in [0, 0.05) is 45.9 Å². The van der Waals surface area contributed by atoms with Crippen LogP contribution >= 0.6 is 0 Å². The summed E-state index contributed by atoms with van der Waals surface area (Å²) in [6, 6.07) is 10.9. The first-order valence-electron chi connectivity index (χ1n) is 10.7. The largest absolute Gasteiger partial charge is 0.376 e. The zero-order chi connectivity index (χ0) is 17.6. The molecule has 3 aliphatic heterocycles. The quantitative estimate of drug-likeness (QED) is 0.779. The van der Waals surface area contributed by atoms with E-state index in [2.05, 4.69) is 45.0 Å². The summed E-state index contributed by atoms with van der Waals surface area (Å²) in [7, 11) is 0. The van der Waals surface area contributed by atoms with Crippen LogP contribution in [0.15, 0.2) is 30.3 Å². The second-order valence-corrected chi connectivity index (χ2v) is 8.49. The molecule has 3 fully saturated rings. The highest BCUT2D eigenvalue weighted by Gasteiger charge is 2.28. The van der Waals surface area contributed by atoms with Crippen LogP contribution in [0, 0.1) is 5.92 Å². The summed E-state index contributed by atoms with van der Waals surface area (Å²) in [4.78, 5) is 7.93. The van der Waals surface area contributed by atoms with Gasteiger partial charge in [0.25, 0.3) is 0 Å². The van der Waals surface area contributed by atoms with E-state index in [1.165, 1.54) is 57.5 Å². The molecule has 0 saturated carbocycles. The predicted octanol–water partition coefficient (Wildman–Crippen LogP) is 2.70. The van der Waals surface area contributed by atoms with Crippen LogP contribution in [0.1, 0.15) is 31.2 Å². The van der Waals surface area contributed by atoms with E-state index < -0.39 is 0 Å². The highest BCUT2D eigenvalue weighted by Crippen LogP contribution is 2.21. The summed E-state index contributed by atoms with van der Waals surface area (Å²) in [5, 5.41) is 0. The number of benzene rings is 1. The number of hydrogen-bond donors (Lipinski definition) is 0. The standard InChI is InChI=1S/C22H35N3O/c1-2-7-20(8-3-1)15-24-12-6-14-26-22(18-24)19-25-13-9-21(17-25)16-23-10-4-5-11-23/h1-3,7-8,21-22H,4-6,9-19H2. The Hall–Kier alpha value is -0.940. The topological polar surface area (TPSA) is 19.0 Å². The Morgan fingerprint density at radius 3 is 2.46 bits per heavy atom. The molecule has 1 aromatic rings. The van der Waals surface area contributed by atoms with E-state index in [1.54, 1.807) is 0 Å². The van der Waals surface area contributed by atoms with Crippen LogP contribution in [0.5, 0.6) is 0 Å². The second kappa shape index (κ2) is 9.32. The lowest BCUT2D eigenvalue weighted by atomic mass is 10.1. The molecule has 0 N–H and O–H groups in total. The molecule has 2 atom stereocenters. The van der Waals surface area contributed by atoms with E-state index >= 15 is 0 Å². The molecule has 0 aliphatic carbocycles. The van der Waals surface area contributed by atoms with Crippen LogP contribution < -0.4 is 0 Å². The molecular formula is C22H35N3O. The van der Waals surface area contributed by atoms with Gasteiger partial charge >= 0.3 is 0 Å². The highest BCUT2D eigenvalue weighted by molar-refractivity contribution is 5.14. The van der Waals surface area contributed by atoms with Gasteiger partial charge in [-0.1, -0.05) is 30.3 Å². The molecule has 4 heteroatoms. The third kappa shape index (κ3) is 5.29. The monoisotopic (exact) mass is 357 g/mol. The van der Waals surface area contributed by atoms with Gasteiger partial charge in [-0.05, 0) is 56.8 Å². The average molecular weight is 358 g/mol. The first-order valence-corrected chi connectivity index (χ1v) is 10.7. The van der Waals surface area contributed by atoms with E-state index in [0.29, 0.717) is 6.10 Å². The normalized spacial score (nSPS) is 29.2. The summed E-state index contributed by atoms with van der Waals surface area (Å²) in [5.41, 5.74) is 1.42. The van der Waals surface area contributed by atoms with Gasteiger partial charge in [0.2, 0.25) is 0 Å². The third-order valence-corrected chi connectivity index (χ3v) is 6.23. The van der Waals surface area contributed by atoms with Gasteiger partial charge in [-0.3, -0.25) is 4.90 Å². The van der Waals surface area contributed by atoms with Gasteiger partial charge in [-0.2, -0.15) is 0 Å². The van der Waals surface area contributed by atoms with Crippen molar-refractivity contribution in [3.63, 3.8) is 0 Å². The maximum absolute atomic E-state index is 6.21.